The predicted molar refractivity (Wildman–Crippen MR) is 105 cm³/mol. The Labute approximate surface area is 155 Å². The summed E-state index contributed by atoms with van der Waals surface area (Å²) in [7, 11) is 0. The molecule has 0 radical (unpaired) electrons. The first-order chi connectivity index (χ1) is 12.7. The van der Waals surface area contributed by atoms with E-state index in [4.69, 9.17) is 0 Å². The molecular formula is C21H27FN4. The second-order valence-electron chi connectivity index (χ2n) is 6.85. The fourth-order valence-electron chi connectivity index (χ4n) is 3.21. The van der Waals surface area contributed by atoms with E-state index in [0.29, 0.717) is 5.69 Å². The third kappa shape index (κ3) is 5.63. The second kappa shape index (κ2) is 9.43. The number of azo groups is 1. The van der Waals surface area contributed by atoms with Crippen molar-refractivity contribution < 1.29 is 4.39 Å². The molecule has 0 bridgehead atoms. The van der Waals surface area contributed by atoms with Crippen LogP contribution in [-0.4, -0.2) is 43.7 Å². The lowest BCUT2D eigenvalue weighted by atomic mass is 10.1. The minimum Gasteiger partial charge on any atom is -0.369 e. The number of benzene rings is 2. The average Bonchev–Trinajstić information content (AvgIpc) is 2.69. The molecule has 1 unspecified atom stereocenters. The molecule has 0 saturated carbocycles. The molecule has 0 aromatic heterocycles. The maximum absolute atomic E-state index is 12.9. The van der Waals surface area contributed by atoms with Crippen LogP contribution in [0.25, 0.3) is 0 Å². The fraction of sp³-hybridized carbons (Fsp3) is 0.429. The van der Waals surface area contributed by atoms with Crippen LogP contribution in [0, 0.1) is 5.82 Å². The molecule has 138 valence electrons. The highest BCUT2D eigenvalue weighted by Gasteiger charge is 2.16. The van der Waals surface area contributed by atoms with Crippen molar-refractivity contribution in [3.63, 3.8) is 0 Å². The monoisotopic (exact) mass is 354 g/mol. The average molecular weight is 354 g/mol. The zero-order valence-corrected chi connectivity index (χ0v) is 15.4. The van der Waals surface area contributed by atoms with Crippen LogP contribution in [0.5, 0.6) is 0 Å². The minimum atomic E-state index is -0.246. The van der Waals surface area contributed by atoms with E-state index in [-0.39, 0.29) is 11.9 Å². The number of anilines is 1. The Bertz CT molecular complexity index is 679. The van der Waals surface area contributed by atoms with Gasteiger partial charge in [-0.2, -0.15) is 10.2 Å². The number of hydrogen-bond acceptors (Lipinski definition) is 4. The van der Waals surface area contributed by atoms with Crippen molar-refractivity contribution in [3.8, 4) is 0 Å². The molecule has 2 aromatic rings. The van der Waals surface area contributed by atoms with Gasteiger partial charge in [0.1, 0.15) is 5.82 Å². The lowest BCUT2D eigenvalue weighted by Gasteiger charge is -2.36. The Kier molecular flexibility index (Phi) is 6.72. The van der Waals surface area contributed by atoms with Gasteiger partial charge in [-0.05, 0) is 62.7 Å². The normalized spacial score (nSPS) is 16.9. The summed E-state index contributed by atoms with van der Waals surface area (Å²) >= 11 is 0. The zero-order valence-electron chi connectivity index (χ0n) is 15.4. The Hall–Kier alpha value is -2.27. The molecular weight excluding hydrogens is 327 g/mol. The van der Waals surface area contributed by atoms with E-state index in [1.807, 2.05) is 0 Å². The Balaban J connectivity index is 1.34. The van der Waals surface area contributed by atoms with Gasteiger partial charge in [0.25, 0.3) is 0 Å². The quantitative estimate of drug-likeness (QED) is 0.662. The highest BCUT2D eigenvalue weighted by Crippen LogP contribution is 2.17. The summed E-state index contributed by atoms with van der Waals surface area (Å²) in [5.41, 5.74) is 2.03. The van der Waals surface area contributed by atoms with Gasteiger partial charge in [0, 0.05) is 31.9 Å². The van der Waals surface area contributed by atoms with E-state index >= 15 is 0 Å². The van der Waals surface area contributed by atoms with Crippen LogP contribution < -0.4 is 4.90 Å². The predicted octanol–water partition coefficient (Wildman–Crippen LogP) is 4.90. The molecule has 1 heterocycles. The van der Waals surface area contributed by atoms with Gasteiger partial charge in [0.15, 0.2) is 0 Å². The van der Waals surface area contributed by atoms with Crippen LogP contribution in [0.2, 0.25) is 0 Å². The van der Waals surface area contributed by atoms with Crippen LogP contribution in [0.3, 0.4) is 0 Å². The summed E-state index contributed by atoms with van der Waals surface area (Å²) in [6, 6.07) is 16.9. The molecule has 1 fully saturated rings. The molecule has 4 nitrogen and oxygen atoms in total. The van der Waals surface area contributed by atoms with Crippen molar-refractivity contribution in [2.24, 2.45) is 10.2 Å². The smallest absolute Gasteiger partial charge is 0.123 e. The van der Waals surface area contributed by atoms with E-state index in [2.05, 4.69) is 57.3 Å². The molecule has 5 heteroatoms. The maximum atomic E-state index is 12.9. The van der Waals surface area contributed by atoms with Crippen molar-refractivity contribution in [3.05, 3.63) is 60.4 Å². The molecule has 1 atom stereocenters. The summed E-state index contributed by atoms with van der Waals surface area (Å²) in [5.74, 6) is -0.246. The Morgan fingerprint density at radius 3 is 2.35 bits per heavy atom. The number of rotatable bonds is 7. The SMILES string of the molecule is CC(CCCN1CCN(c2ccccc2)CC1)N=Nc1ccc(F)cc1. The molecule has 2 aromatic carbocycles. The van der Waals surface area contributed by atoms with Crippen LogP contribution >= 0.6 is 0 Å². The van der Waals surface area contributed by atoms with Crippen LogP contribution in [0.4, 0.5) is 15.8 Å². The molecule has 0 aliphatic carbocycles. The van der Waals surface area contributed by atoms with Gasteiger partial charge in [-0.1, -0.05) is 18.2 Å². The number of hydrogen-bond donors (Lipinski definition) is 0. The minimum absolute atomic E-state index is 0.186. The molecule has 3 rings (SSSR count). The van der Waals surface area contributed by atoms with Gasteiger partial charge in [-0.3, -0.25) is 4.90 Å². The van der Waals surface area contributed by atoms with E-state index in [0.717, 1.165) is 45.6 Å². The summed E-state index contributed by atoms with van der Waals surface area (Å²) < 4.78 is 12.9. The highest BCUT2D eigenvalue weighted by molar-refractivity contribution is 5.46. The third-order valence-electron chi connectivity index (χ3n) is 4.79. The number of piperazine rings is 1. The first-order valence-corrected chi connectivity index (χ1v) is 9.39. The molecule has 26 heavy (non-hydrogen) atoms. The summed E-state index contributed by atoms with van der Waals surface area (Å²) in [6.07, 6.45) is 2.14. The van der Waals surface area contributed by atoms with E-state index in [1.54, 1.807) is 12.1 Å². The van der Waals surface area contributed by atoms with Crippen LogP contribution in [0.1, 0.15) is 19.8 Å². The lowest BCUT2D eigenvalue weighted by molar-refractivity contribution is 0.251. The third-order valence-corrected chi connectivity index (χ3v) is 4.79. The molecule has 0 N–H and O–H groups in total. The summed E-state index contributed by atoms with van der Waals surface area (Å²) in [5, 5.41) is 8.53. The molecule has 0 amide bonds. The van der Waals surface area contributed by atoms with E-state index in [1.165, 1.54) is 17.8 Å². The summed E-state index contributed by atoms with van der Waals surface area (Å²) in [4.78, 5) is 4.99. The summed E-state index contributed by atoms with van der Waals surface area (Å²) in [6.45, 7) is 7.59. The molecule has 1 saturated heterocycles. The lowest BCUT2D eigenvalue weighted by Crippen LogP contribution is -2.46. The van der Waals surface area contributed by atoms with Gasteiger partial charge < -0.3 is 4.90 Å². The Morgan fingerprint density at radius 2 is 1.65 bits per heavy atom. The van der Waals surface area contributed by atoms with E-state index in [9.17, 15) is 4.39 Å². The first kappa shape index (κ1) is 18.5. The number of halogens is 1. The van der Waals surface area contributed by atoms with Gasteiger partial charge in [-0.25, -0.2) is 4.39 Å². The van der Waals surface area contributed by atoms with Crippen molar-refractivity contribution >= 4 is 11.4 Å². The first-order valence-electron chi connectivity index (χ1n) is 9.39. The highest BCUT2D eigenvalue weighted by atomic mass is 19.1. The van der Waals surface area contributed by atoms with Crippen LogP contribution in [0.15, 0.2) is 64.8 Å². The molecule has 1 aliphatic rings. The number of nitrogens with zero attached hydrogens (tertiary/aromatic N) is 4. The van der Waals surface area contributed by atoms with Crippen LogP contribution in [-0.2, 0) is 0 Å². The van der Waals surface area contributed by atoms with Crippen molar-refractivity contribution in [1.82, 2.24) is 4.90 Å². The molecule has 0 spiro atoms. The maximum Gasteiger partial charge on any atom is 0.123 e. The zero-order chi connectivity index (χ0) is 18.2. The van der Waals surface area contributed by atoms with Crippen molar-refractivity contribution in [2.75, 3.05) is 37.6 Å². The second-order valence-corrected chi connectivity index (χ2v) is 6.85. The van der Waals surface area contributed by atoms with E-state index < -0.39 is 0 Å². The van der Waals surface area contributed by atoms with Gasteiger partial charge in [0.2, 0.25) is 0 Å². The van der Waals surface area contributed by atoms with Crippen molar-refractivity contribution in [2.45, 2.75) is 25.8 Å². The van der Waals surface area contributed by atoms with Gasteiger partial charge in [-0.15, -0.1) is 0 Å². The topological polar surface area (TPSA) is 31.2 Å². The standard InChI is InChI=1S/C21H27FN4/c1-18(23-24-20-11-9-19(22)10-12-20)6-5-13-25-14-16-26(17-15-25)21-7-3-2-4-8-21/h2-4,7-12,18H,5-6,13-17H2,1H3. The fourth-order valence-corrected chi connectivity index (χ4v) is 3.21. The Morgan fingerprint density at radius 1 is 0.962 bits per heavy atom. The van der Waals surface area contributed by atoms with Gasteiger partial charge >= 0.3 is 0 Å². The van der Waals surface area contributed by atoms with Gasteiger partial charge in [0.05, 0.1) is 11.7 Å². The largest absolute Gasteiger partial charge is 0.369 e. The molecule has 1 aliphatic heterocycles. The number of para-hydroxylation sites is 1. The van der Waals surface area contributed by atoms with Crippen molar-refractivity contribution in [1.29, 1.82) is 0 Å².